The summed E-state index contributed by atoms with van der Waals surface area (Å²) in [5, 5.41) is 12.6. The number of hydrogen-bond donors (Lipinski definition) is 1. The van der Waals surface area contributed by atoms with Gasteiger partial charge in [0.1, 0.15) is 15.8 Å². The highest BCUT2D eigenvalue weighted by atomic mass is 32.1. The molecule has 9 nitrogen and oxygen atoms in total. The first kappa shape index (κ1) is 22.6. The first-order valence-corrected chi connectivity index (χ1v) is 12.1. The summed E-state index contributed by atoms with van der Waals surface area (Å²) >= 11 is 1.37. The molecule has 0 spiro atoms. The quantitative estimate of drug-likeness (QED) is 0.467. The molecular formula is C24H25N5O4S. The van der Waals surface area contributed by atoms with Crippen LogP contribution in [0.2, 0.25) is 0 Å². The number of ketones is 1. The van der Waals surface area contributed by atoms with Crippen LogP contribution in [0.3, 0.4) is 0 Å². The van der Waals surface area contributed by atoms with Crippen LogP contribution < -0.4 is 10.1 Å². The van der Waals surface area contributed by atoms with Gasteiger partial charge in [0.25, 0.3) is 0 Å². The SMILES string of the molecule is O=C(CN1CCOCC1)Nc1cc(C(=O)Cc2nnc(-c3cccnc3)s2)ccc1OC1CC1. The molecule has 176 valence electrons. The third-order valence-corrected chi connectivity index (χ3v) is 6.52. The van der Waals surface area contributed by atoms with Gasteiger partial charge in [-0.15, -0.1) is 10.2 Å². The predicted octanol–water partition coefficient (Wildman–Crippen LogP) is 2.84. The van der Waals surface area contributed by atoms with Crippen molar-refractivity contribution in [3.63, 3.8) is 0 Å². The van der Waals surface area contributed by atoms with Gasteiger partial charge in [0.2, 0.25) is 5.91 Å². The van der Waals surface area contributed by atoms with E-state index in [4.69, 9.17) is 9.47 Å². The van der Waals surface area contributed by atoms with Gasteiger partial charge >= 0.3 is 0 Å². The van der Waals surface area contributed by atoms with Gasteiger partial charge in [0.05, 0.1) is 38.0 Å². The molecule has 1 aliphatic carbocycles. The number of benzene rings is 1. The lowest BCUT2D eigenvalue weighted by Crippen LogP contribution is -2.41. The molecule has 1 saturated heterocycles. The highest BCUT2D eigenvalue weighted by molar-refractivity contribution is 7.14. The molecular weight excluding hydrogens is 454 g/mol. The molecule has 1 aliphatic heterocycles. The van der Waals surface area contributed by atoms with Crippen molar-refractivity contribution in [2.75, 3.05) is 38.2 Å². The van der Waals surface area contributed by atoms with Gasteiger partial charge in [-0.25, -0.2) is 0 Å². The van der Waals surface area contributed by atoms with Gasteiger partial charge in [-0.3, -0.25) is 19.5 Å². The molecule has 1 saturated carbocycles. The van der Waals surface area contributed by atoms with Crippen molar-refractivity contribution in [3.8, 4) is 16.3 Å². The Bertz CT molecular complexity index is 1160. The fraction of sp³-hybridized carbons (Fsp3) is 0.375. The molecule has 10 heteroatoms. The first-order valence-electron chi connectivity index (χ1n) is 11.3. The molecule has 5 rings (SSSR count). The minimum Gasteiger partial charge on any atom is -0.488 e. The Morgan fingerprint density at radius 3 is 2.79 bits per heavy atom. The Kier molecular flexibility index (Phi) is 6.89. The van der Waals surface area contributed by atoms with Gasteiger partial charge in [-0.1, -0.05) is 11.3 Å². The summed E-state index contributed by atoms with van der Waals surface area (Å²) < 4.78 is 11.3. The lowest BCUT2D eigenvalue weighted by molar-refractivity contribution is -0.118. The lowest BCUT2D eigenvalue weighted by Gasteiger charge is -2.26. The Balaban J connectivity index is 1.28. The number of Topliss-reactive ketones (excluding diaryl/α,β-unsaturated/α-hetero) is 1. The third-order valence-electron chi connectivity index (χ3n) is 5.55. The molecule has 2 fully saturated rings. The number of aromatic nitrogens is 3. The van der Waals surface area contributed by atoms with Crippen LogP contribution in [0.1, 0.15) is 28.2 Å². The Morgan fingerprint density at radius 2 is 2.03 bits per heavy atom. The van der Waals surface area contributed by atoms with E-state index in [1.54, 1.807) is 30.6 Å². The van der Waals surface area contributed by atoms with Crippen molar-refractivity contribution in [2.45, 2.75) is 25.4 Å². The van der Waals surface area contributed by atoms with Gasteiger partial charge in [-0.2, -0.15) is 0 Å². The van der Waals surface area contributed by atoms with Crippen LogP contribution in [-0.2, 0) is 16.0 Å². The molecule has 3 heterocycles. The van der Waals surface area contributed by atoms with Crippen molar-refractivity contribution in [1.82, 2.24) is 20.1 Å². The zero-order chi connectivity index (χ0) is 23.3. The average Bonchev–Trinajstić information content (AvgIpc) is 3.56. The molecule has 0 atom stereocenters. The predicted molar refractivity (Wildman–Crippen MR) is 127 cm³/mol. The van der Waals surface area contributed by atoms with Crippen LogP contribution in [0, 0.1) is 0 Å². The van der Waals surface area contributed by atoms with Crippen LogP contribution in [0.5, 0.6) is 5.75 Å². The Hall–Kier alpha value is -3.21. The van der Waals surface area contributed by atoms with Gasteiger partial charge in [0.15, 0.2) is 5.78 Å². The van der Waals surface area contributed by atoms with E-state index in [2.05, 4.69) is 20.5 Å². The summed E-state index contributed by atoms with van der Waals surface area (Å²) in [6, 6.07) is 8.93. The fourth-order valence-electron chi connectivity index (χ4n) is 3.59. The van der Waals surface area contributed by atoms with Crippen LogP contribution in [-0.4, -0.2) is 70.7 Å². The zero-order valence-corrected chi connectivity index (χ0v) is 19.4. The van der Waals surface area contributed by atoms with Crippen molar-refractivity contribution in [1.29, 1.82) is 0 Å². The molecule has 3 aromatic rings. The van der Waals surface area contributed by atoms with E-state index in [-0.39, 0.29) is 30.8 Å². The van der Waals surface area contributed by atoms with Gasteiger partial charge in [-0.05, 0) is 43.2 Å². The van der Waals surface area contributed by atoms with Crippen molar-refractivity contribution < 1.29 is 19.1 Å². The zero-order valence-electron chi connectivity index (χ0n) is 18.6. The summed E-state index contributed by atoms with van der Waals surface area (Å²) in [4.78, 5) is 31.8. The van der Waals surface area contributed by atoms with E-state index in [9.17, 15) is 9.59 Å². The topological polar surface area (TPSA) is 107 Å². The second-order valence-electron chi connectivity index (χ2n) is 8.31. The molecule has 2 aromatic heterocycles. The number of carbonyl (C=O) groups excluding carboxylic acids is 2. The minimum atomic E-state index is -0.141. The number of carbonyl (C=O) groups is 2. The smallest absolute Gasteiger partial charge is 0.238 e. The van der Waals surface area contributed by atoms with E-state index in [0.29, 0.717) is 35.2 Å². The summed E-state index contributed by atoms with van der Waals surface area (Å²) in [6.45, 7) is 2.97. The van der Waals surface area contributed by atoms with E-state index in [0.717, 1.165) is 36.5 Å². The highest BCUT2D eigenvalue weighted by Crippen LogP contribution is 2.33. The van der Waals surface area contributed by atoms with E-state index < -0.39 is 0 Å². The summed E-state index contributed by atoms with van der Waals surface area (Å²) in [5.74, 6) is 0.345. The van der Waals surface area contributed by atoms with Crippen LogP contribution in [0.4, 0.5) is 5.69 Å². The second-order valence-corrected chi connectivity index (χ2v) is 9.37. The molecule has 2 aliphatic rings. The molecule has 1 amide bonds. The normalized spacial score (nSPS) is 16.2. The van der Waals surface area contributed by atoms with E-state index >= 15 is 0 Å². The Labute approximate surface area is 201 Å². The number of ether oxygens (including phenoxy) is 2. The number of anilines is 1. The molecule has 1 N–H and O–H groups in total. The second kappa shape index (κ2) is 10.4. The molecule has 0 unspecified atom stereocenters. The van der Waals surface area contributed by atoms with Crippen LogP contribution >= 0.6 is 11.3 Å². The van der Waals surface area contributed by atoms with Crippen molar-refractivity contribution in [3.05, 3.63) is 53.3 Å². The summed E-state index contributed by atoms with van der Waals surface area (Å²) in [7, 11) is 0. The molecule has 0 bridgehead atoms. The van der Waals surface area contributed by atoms with Crippen LogP contribution in [0.15, 0.2) is 42.7 Å². The number of morpholine rings is 1. The standard InChI is InChI=1S/C24H25N5O4S/c30-20(13-23-27-28-24(34-23)17-2-1-7-25-14-17)16-3-6-21(33-18-4-5-18)19(12-16)26-22(31)15-29-8-10-32-11-9-29/h1-3,6-7,12,14,18H,4-5,8-11,13,15H2,(H,26,31). The fourth-order valence-corrected chi connectivity index (χ4v) is 4.42. The lowest BCUT2D eigenvalue weighted by atomic mass is 10.1. The first-order chi connectivity index (χ1) is 16.6. The highest BCUT2D eigenvalue weighted by Gasteiger charge is 2.26. The largest absolute Gasteiger partial charge is 0.488 e. The summed E-state index contributed by atoms with van der Waals surface area (Å²) in [6.07, 6.45) is 5.71. The van der Waals surface area contributed by atoms with Gasteiger partial charge in [0, 0.05) is 36.6 Å². The minimum absolute atomic E-state index is 0.101. The van der Waals surface area contributed by atoms with Gasteiger partial charge < -0.3 is 14.8 Å². The van der Waals surface area contributed by atoms with Crippen molar-refractivity contribution >= 4 is 28.7 Å². The number of nitrogens with one attached hydrogen (secondary N) is 1. The molecule has 1 aromatic carbocycles. The van der Waals surface area contributed by atoms with E-state index in [1.807, 2.05) is 17.0 Å². The number of hydrogen-bond acceptors (Lipinski definition) is 9. The number of nitrogens with zero attached hydrogens (tertiary/aromatic N) is 4. The number of rotatable bonds is 9. The summed E-state index contributed by atoms with van der Waals surface area (Å²) in [5.41, 5.74) is 1.87. The molecule has 34 heavy (non-hydrogen) atoms. The monoisotopic (exact) mass is 479 g/mol. The maximum absolute atomic E-state index is 13.0. The molecule has 0 radical (unpaired) electrons. The maximum Gasteiger partial charge on any atom is 0.238 e. The maximum atomic E-state index is 13.0. The Morgan fingerprint density at radius 1 is 1.18 bits per heavy atom. The third kappa shape index (κ3) is 5.82. The van der Waals surface area contributed by atoms with Crippen molar-refractivity contribution in [2.24, 2.45) is 0 Å². The number of amides is 1. The van der Waals surface area contributed by atoms with E-state index in [1.165, 1.54) is 11.3 Å². The number of pyridine rings is 1. The average molecular weight is 480 g/mol. The van der Waals surface area contributed by atoms with Crippen LogP contribution in [0.25, 0.3) is 10.6 Å².